The molecule has 3 rings (SSSR count). The van der Waals surface area contributed by atoms with E-state index in [1.807, 2.05) is 12.1 Å². The quantitative estimate of drug-likeness (QED) is 0.637. The van der Waals surface area contributed by atoms with Gasteiger partial charge in [-0.15, -0.1) is 0 Å². The summed E-state index contributed by atoms with van der Waals surface area (Å²) in [6.45, 7) is 0. The second-order valence-corrected chi connectivity index (χ2v) is 6.05. The summed E-state index contributed by atoms with van der Waals surface area (Å²) in [4.78, 5) is 0. The molecule has 20 heavy (non-hydrogen) atoms. The molecule has 1 heterocycles. The highest BCUT2D eigenvalue weighted by Crippen LogP contribution is 2.35. The van der Waals surface area contributed by atoms with E-state index in [0.717, 1.165) is 9.86 Å². The number of aliphatic hydroxyl groups is 1. The molecule has 2 aromatic carbocycles. The molecule has 1 unspecified atom stereocenters. The van der Waals surface area contributed by atoms with E-state index in [1.165, 1.54) is 0 Å². The standard InChI is InChI=1S/C15H9BrCl2O2/c16-11-3-1-2-10(14(11)18)15(19)13-7-8-6-9(17)4-5-12(8)20-13/h1-7,15,19H. The molecule has 0 spiro atoms. The number of rotatable bonds is 2. The number of halogens is 3. The summed E-state index contributed by atoms with van der Waals surface area (Å²) >= 11 is 15.5. The molecule has 0 saturated carbocycles. The van der Waals surface area contributed by atoms with E-state index in [4.69, 9.17) is 27.6 Å². The average Bonchev–Trinajstić information content (AvgIpc) is 2.84. The molecule has 2 nitrogen and oxygen atoms in total. The zero-order valence-electron chi connectivity index (χ0n) is 10.1. The largest absolute Gasteiger partial charge is 0.458 e. The minimum atomic E-state index is -0.925. The van der Waals surface area contributed by atoms with Crippen molar-refractivity contribution in [3.63, 3.8) is 0 Å². The van der Waals surface area contributed by atoms with Gasteiger partial charge in [0.05, 0.1) is 5.02 Å². The van der Waals surface area contributed by atoms with Crippen LogP contribution in [0.5, 0.6) is 0 Å². The van der Waals surface area contributed by atoms with Crippen LogP contribution >= 0.6 is 39.1 Å². The van der Waals surface area contributed by atoms with Crippen LogP contribution in [0.2, 0.25) is 10.0 Å². The van der Waals surface area contributed by atoms with Crippen LogP contribution in [0.15, 0.2) is 51.4 Å². The Labute approximate surface area is 134 Å². The minimum absolute atomic E-state index is 0.433. The van der Waals surface area contributed by atoms with Crippen molar-refractivity contribution in [2.45, 2.75) is 6.10 Å². The molecular weight excluding hydrogens is 363 g/mol. The minimum Gasteiger partial charge on any atom is -0.458 e. The molecule has 0 saturated heterocycles. The van der Waals surface area contributed by atoms with E-state index in [1.54, 1.807) is 30.3 Å². The predicted molar refractivity (Wildman–Crippen MR) is 84.4 cm³/mol. The Morgan fingerprint density at radius 3 is 2.70 bits per heavy atom. The lowest BCUT2D eigenvalue weighted by atomic mass is 10.1. The van der Waals surface area contributed by atoms with Crippen molar-refractivity contribution in [2.75, 3.05) is 0 Å². The third-order valence-corrected chi connectivity index (χ3v) is 4.59. The number of aliphatic hydroxyl groups excluding tert-OH is 1. The van der Waals surface area contributed by atoms with Crippen LogP contribution in [0.4, 0.5) is 0 Å². The third kappa shape index (κ3) is 2.47. The van der Waals surface area contributed by atoms with Crippen molar-refractivity contribution < 1.29 is 9.52 Å². The summed E-state index contributed by atoms with van der Waals surface area (Å²) in [5, 5.41) is 12.4. The maximum Gasteiger partial charge on any atom is 0.138 e. The monoisotopic (exact) mass is 370 g/mol. The summed E-state index contributed by atoms with van der Waals surface area (Å²) < 4.78 is 6.38. The van der Waals surface area contributed by atoms with Crippen molar-refractivity contribution in [3.8, 4) is 0 Å². The van der Waals surface area contributed by atoms with Gasteiger partial charge in [-0.3, -0.25) is 0 Å². The first-order valence-electron chi connectivity index (χ1n) is 5.87. The number of hydrogen-bond donors (Lipinski definition) is 1. The van der Waals surface area contributed by atoms with Gasteiger partial charge in [0.1, 0.15) is 17.4 Å². The molecule has 5 heteroatoms. The highest BCUT2D eigenvalue weighted by atomic mass is 79.9. The Morgan fingerprint density at radius 1 is 1.10 bits per heavy atom. The number of benzene rings is 2. The van der Waals surface area contributed by atoms with E-state index >= 15 is 0 Å². The van der Waals surface area contributed by atoms with Crippen molar-refractivity contribution in [3.05, 3.63) is 68.3 Å². The van der Waals surface area contributed by atoms with Gasteiger partial charge in [0.2, 0.25) is 0 Å². The van der Waals surface area contributed by atoms with Gasteiger partial charge in [0, 0.05) is 20.4 Å². The second-order valence-electron chi connectivity index (χ2n) is 4.38. The van der Waals surface area contributed by atoms with Crippen LogP contribution in [0.25, 0.3) is 11.0 Å². The van der Waals surface area contributed by atoms with E-state index < -0.39 is 6.10 Å². The van der Waals surface area contributed by atoms with E-state index in [-0.39, 0.29) is 0 Å². The number of fused-ring (bicyclic) bond motifs is 1. The summed E-state index contributed by atoms with van der Waals surface area (Å²) in [6, 6.07) is 12.5. The third-order valence-electron chi connectivity index (χ3n) is 3.04. The molecule has 0 aliphatic rings. The maximum atomic E-state index is 10.4. The Balaban J connectivity index is 2.08. The van der Waals surface area contributed by atoms with E-state index in [2.05, 4.69) is 15.9 Å². The van der Waals surface area contributed by atoms with Crippen molar-refractivity contribution in [1.82, 2.24) is 0 Å². The molecule has 1 atom stereocenters. The fourth-order valence-corrected chi connectivity index (χ4v) is 2.85. The molecule has 0 aliphatic heterocycles. The predicted octanol–water partition coefficient (Wildman–Crippen LogP) is 5.58. The Hall–Kier alpha value is -1.000. The van der Waals surface area contributed by atoms with Crippen molar-refractivity contribution in [2.24, 2.45) is 0 Å². The van der Waals surface area contributed by atoms with Gasteiger partial charge < -0.3 is 9.52 Å². The molecule has 102 valence electrons. The fraction of sp³-hybridized carbons (Fsp3) is 0.0667. The molecule has 0 amide bonds. The summed E-state index contributed by atoms with van der Waals surface area (Å²) in [5.41, 5.74) is 1.26. The lowest BCUT2D eigenvalue weighted by Crippen LogP contribution is -1.99. The molecule has 1 aromatic heterocycles. The fourth-order valence-electron chi connectivity index (χ4n) is 2.05. The van der Waals surface area contributed by atoms with Crippen LogP contribution in [0, 0.1) is 0 Å². The molecular formula is C15H9BrCl2O2. The number of furan rings is 1. The van der Waals surface area contributed by atoms with Crippen LogP contribution < -0.4 is 0 Å². The van der Waals surface area contributed by atoms with Gasteiger partial charge in [0.15, 0.2) is 0 Å². The molecule has 0 radical (unpaired) electrons. The first kappa shape index (κ1) is 14.0. The Kier molecular flexibility index (Phi) is 3.78. The SMILES string of the molecule is OC(c1cc2cc(Cl)ccc2o1)c1cccc(Br)c1Cl. The molecule has 0 bridgehead atoms. The lowest BCUT2D eigenvalue weighted by molar-refractivity contribution is 0.192. The number of hydrogen-bond acceptors (Lipinski definition) is 2. The van der Waals surface area contributed by atoms with Gasteiger partial charge in [-0.1, -0.05) is 35.3 Å². The first-order valence-corrected chi connectivity index (χ1v) is 7.42. The van der Waals surface area contributed by atoms with Gasteiger partial charge in [0.25, 0.3) is 0 Å². The normalized spacial score (nSPS) is 12.8. The summed E-state index contributed by atoms with van der Waals surface area (Å²) in [7, 11) is 0. The van der Waals surface area contributed by atoms with Gasteiger partial charge in [-0.25, -0.2) is 0 Å². The van der Waals surface area contributed by atoms with Crippen LogP contribution in [-0.4, -0.2) is 5.11 Å². The topological polar surface area (TPSA) is 33.4 Å². The highest BCUT2D eigenvalue weighted by Gasteiger charge is 2.19. The Morgan fingerprint density at radius 2 is 1.90 bits per heavy atom. The van der Waals surface area contributed by atoms with E-state index in [0.29, 0.717) is 27.0 Å². The lowest BCUT2D eigenvalue weighted by Gasteiger charge is -2.10. The zero-order valence-corrected chi connectivity index (χ0v) is 13.2. The molecule has 1 N–H and O–H groups in total. The highest BCUT2D eigenvalue weighted by molar-refractivity contribution is 9.10. The smallest absolute Gasteiger partial charge is 0.138 e. The Bertz CT molecular complexity index is 783. The molecule has 0 fully saturated rings. The second kappa shape index (κ2) is 5.41. The van der Waals surface area contributed by atoms with Gasteiger partial charge >= 0.3 is 0 Å². The first-order chi connectivity index (χ1) is 9.56. The van der Waals surface area contributed by atoms with E-state index in [9.17, 15) is 5.11 Å². The molecule has 3 aromatic rings. The van der Waals surface area contributed by atoms with Crippen molar-refractivity contribution in [1.29, 1.82) is 0 Å². The zero-order chi connectivity index (χ0) is 14.3. The van der Waals surface area contributed by atoms with Crippen LogP contribution in [0.1, 0.15) is 17.4 Å². The summed E-state index contributed by atoms with van der Waals surface area (Å²) in [6.07, 6.45) is -0.925. The maximum absolute atomic E-state index is 10.4. The van der Waals surface area contributed by atoms with Crippen molar-refractivity contribution >= 4 is 50.1 Å². The van der Waals surface area contributed by atoms with Gasteiger partial charge in [-0.2, -0.15) is 0 Å². The molecule has 0 aliphatic carbocycles. The van der Waals surface area contributed by atoms with Gasteiger partial charge in [-0.05, 0) is 46.3 Å². The van der Waals surface area contributed by atoms with Crippen LogP contribution in [0.3, 0.4) is 0 Å². The van der Waals surface area contributed by atoms with Crippen LogP contribution in [-0.2, 0) is 0 Å². The average molecular weight is 372 g/mol. The summed E-state index contributed by atoms with van der Waals surface area (Å²) in [5.74, 6) is 0.433.